The maximum atomic E-state index is 11.9. The number of ether oxygens (including phenoxy) is 1. The molecule has 1 aromatic heterocycles. The van der Waals surface area contributed by atoms with Crippen LogP contribution in [0.2, 0.25) is 0 Å². The first kappa shape index (κ1) is 24.9. The van der Waals surface area contributed by atoms with Crippen LogP contribution in [0.5, 0.6) is 5.75 Å². The number of likely N-dealkylation sites (N-methyl/N-ethyl adjacent to an activating group) is 1. The second-order valence-corrected chi connectivity index (χ2v) is 8.18. The Hall–Kier alpha value is -3.73. The van der Waals surface area contributed by atoms with Crippen LogP contribution < -0.4 is 20.7 Å². The first-order valence-electron chi connectivity index (χ1n) is 11.4. The number of hydrogen-bond donors (Lipinski definition) is 3. The third-order valence-electron chi connectivity index (χ3n) is 5.38. The summed E-state index contributed by atoms with van der Waals surface area (Å²) < 4.78 is 5.67. The molecule has 34 heavy (non-hydrogen) atoms. The fourth-order valence-electron chi connectivity index (χ4n) is 3.34. The average molecular weight is 458 g/mol. The Labute approximate surface area is 201 Å². The summed E-state index contributed by atoms with van der Waals surface area (Å²) in [6, 6.07) is 23.1. The number of aromatic nitrogens is 1. The number of pyridine rings is 1. The van der Waals surface area contributed by atoms with Crippen LogP contribution in [0.1, 0.15) is 29.5 Å². The van der Waals surface area contributed by atoms with Gasteiger partial charge in [-0.15, -0.1) is 0 Å². The number of amides is 1. The number of carbonyl (C=O) groups is 1. The minimum absolute atomic E-state index is 0.0782. The molecule has 1 aliphatic heterocycles. The van der Waals surface area contributed by atoms with Crippen molar-refractivity contribution in [3.63, 3.8) is 0 Å². The van der Waals surface area contributed by atoms with Crippen molar-refractivity contribution in [3.05, 3.63) is 89.6 Å². The minimum atomic E-state index is -0.0782. The SMILES string of the molecule is CNCC(C)c1ccc(C#N)cc1.O=C(Cc1ccccc1)Nc1ccc(OC2CNC2)cn1. The number of hydrogen-bond acceptors (Lipinski definition) is 6. The van der Waals surface area contributed by atoms with E-state index in [2.05, 4.69) is 33.9 Å². The van der Waals surface area contributed by atoms with Crippen LogP contribution in [0.3, 0.4) is 0 Å². The highest BCUT2D eigenvalue weighted by molar-refractivity contribution is 5.91. The van der Waals surface area contributed by atoms with E-state index >= 15 is 0 Å². The Balaban J connectivity index is 0.000000215. The molecule has 3 aromatic rings. The van der Waals surface area contributed by atoms with Gasteiger partial charge in [-0.25, -0.2) is 4.98 Å². The molecule has 176 valence electrons. The third-order valence-corrected chi connectivity index (χ3v) is 5.38. The smallest absolute Gasteiger partial charge is 0.229 e. The zero-order valence-electron chi connectivity index (χ0n) is 19.6. The lowest BCUT2D eigenvalue weighted by Gasteiger charge is -2.27. The van der Waals surface area contributed by atoms with E-state index < -0.39 is 0 Å². The summed E-state index contributed by atoms with van der Waals surface area (Å²) in [5.41, 5.74) is 2.97. The number of carbonyl (C=O) groups excluding carboxylic acids is 1. The van der Waals surface area contributed by atoms with E-state index in [0.717, 1.165) is 36.5 Å². The van der Waals surface area contributed by atoms with Gasteiger partial charge in [0.25, 0.3) is 0 Å². The molecule has 1 saturated heterocycles. The molecule has 0 bridgehead atoms. The van der Waals surface area contributed by atoms with Gasteiger partial charge in [-0.3, -0.25) is 4.79 Å². The Bertz CT molecular complexity index is 1060. The zero-order valence-corrected chi connectivity index (χ0v) is 19.6. The first-order chi connectivity index (χ1) is 16.6. The van der Waals surface area contributed by atoms with E-state index in [-0.39, 0.29) is 12.0 Å². The molecule has 1 unspecified atom stereocenters. The molecule has 0 saturated carbocycles. The number of nitriles is 1. The normalized spacial score (nSPS) is 13.4. The van der Waals surface area contributed by atoms with Crippen LogP contribution in [-0.4, -0.2) is 43.7 Å². The highest BCUT2D eigenvalue weighted by Gasteiger charge is 2.18. The molecular weight excluding hydrogens is 426 g/mol. The van der Waals surface area contributed by atoms with Crippen LogP contribution in [0.25, 0.3) is 0 Å². The molecule has 4 rings (SSSR count). The number of anilines is 1. The second-order valence-electron chi connectivity index (χ2n) is 8.18. The molecule has 7 heteroatoms. The maximum Gasteiger partial charge on any atom is 0.229 e. The van der Waals surface area contributed by atoms with Crippen LogP contribution in [-0.2, 0) is 11.2 Å². The lowest BCUT2D eigenvalue weighted by Crippen LogP contribution is -2.50. The number of benzene rings is 2. The summed E-state index contributed by atoms with van der Waals surface area (Å²) in [7, 11) is 1.94. The number of nitrogens with zero attached hydrogens (tertiary/aromatic N) is 2. The van der Waals surface area contributed by atoms with E-state index in [1.807, 2.05) is 67.7 Å². The monoisotopic (exact) mass is 457 g/mol. The fraction of sp³-hybridized carbons (Fsp3) is 0.296. The quantitative estimate of drug-likeness (QED) is 0.479. The van der Waals surface area contributed by atoms with Crippen molar-refractivity contribution in [1.29, 1.82) is 5.26 Å². The van der Waals surface area contributed by atoms with Crippen LogP contribution in [0.15, 0.2) is 72.9 Å². The van der Waals surface area contributed by atoms with Gasteiger partial charge in [-0.1, -0.05) is 49.4 Å². The van der Waals surface area contributed by atoms with E-state index in [1.165, 1.54) is 5.56 Å². The standard InChI is InChI=1S/C16H17N3O2.C11H14N2/c20-16(8-12-4-2-1-3-5-12)19-15-7-6-13(11-18-15)21-14-9-17-10-14;1-9(8-13-2)11-5-3-10(7-12)4-6-11/h1-7,11,14,17H,8-10H2,(H,18,19,20);3-6,9,13H,8H2,1-2H3. The Kier molecular flexibility index (Phi) is 9.59. The number of nitrogens with one attached hydrogen (secondary N) is 3. The fourth-order valence-corrected chi connectivity index (χ4v) is 3.34. The van der Waals surface area contributed by atoms with E-state index in [0.29, 0.717) is 18.2 Å². The summed E-state index contributed by atoms with van der Waals surface area (Å²) in [6.45, 7) is 4.87. The second kappa shape index (κ2) is 13.1. The first-order valence-corrected chi connectivity index (χ1v) is 11.4. The predicted molar refractivity (Wildman–Crippen MR) is 134 cm³/mol. The van der Waals surface area contributed by atoms with Crippen LogP contribution >= 0.6 is 0 Å². The minimum Gasteiger partial charge on any atom is -0.486 e. The maximum absolute atomic E-state index is 11.9. The summed E-state index contributed by atoms with van der Waals surface area (Å²) >= 11 is 0. The molecular formula is C27H31N5O2. The predicted octanol–water partition coefficient (Wildman–Crippen LogP) is 3.49. The van der Waals surface area contributed by atoms with Crippen molar-refractivity contribution in [2.75, 3.05) is 32.0 Å². The third kappa shape index (κ3) is 8.00. The van der Waals surface area contributed by atoms with Gasteiger partial charge in [0.05, 0.1) is 24.3 Å². The van der Waals surface area contributed by atoms with Crippen molar-refractivity contribution in [2.24, 2.45) is 0 Å². The van der Waals surface area contributed by atoms with E-state index in [1.54, 1.807) is 12.3 Å². The molecule has 2 aromatic carbocycles. The molecule has 0 spiro atoms. The van der Waals surface area contributed by atoms with Crippen molar-refractivity contribution < 1.29 is 9.53 Å². The van der Waals surface area contributed by atoms with Gasteiger partial charge in [0.1, 0.15) is 17.7 Å². The average Bonchev–Trinajstić information content (AvgIpc) is 2.83. The summed E-state index contributed by atoms with van der Waals surface area (Å²) in [5.74, 6) is 1.68. The molecule has 1 aliphatic rings. The molecule has 2 heterocycles. The van der Waals surface area contributed by atoms with Crippen molar-refractivity contribution in [3.8, 4) is 11.8 Å². The Morgan fingerprint density at radius 3 is 2.44 bits per heavy atom. The van der Waals surface area contributed by atoms with Crippen LogP contribution in [0.4, 0.5) is 5.82 Å². The van der Waals surface area contributed by atoms with Crippen LogP contribution in [0, 0.1) is 11.3 Å². The van der Waals surface area contributed by atoms with Gasteiger partial charge < -0.3 is 20.7 Å². The highest BCUT2D eigenvalue weighted by atomic mass is 16.5. The van der Waals surface area contributed by atoms with Gasteiger partial charge in [0.15, 0.2) is 0 Å². The molecule has 1 atom stereocenters. The summed E-state index contributed by atoms with van der Waals surface area (Å²) in [5, 5.41) is 17.7. The Morgan fingerprint density at radius 1 is 1.15 bits per heavy atom. The largest absolute Gasteiger partial charge is 0.486 e. The van der Waals surface area contributed by atoms with E-state index in [9.17, 15) is 4.79 Å². The van der Waals surface area contributed by atoms with Gasteiger partial charge in [-0.05, 0) is 48.4 Å². The molecule has 0 aliphatic carbocycles. The topological polar surface area (TPSA) is 99.1 Å². The lowest BCUT2D eigenvalue weighted by atomic mass is 10.0. The van der Waals surface area contributed by atoms with Crippen molar-refractivity contribution in [2.45, 2.75) is 25.4 Å². The van der Waals surface area contributed by atoms with Gasteiger partial charge in [0, 0.05) is 19.6 Å². The molecule has 3 N–H and O–H groups in total. The van der Waals surface area contributed by atoms with Gasteiger partial charge in [0.2, 0.25) is 5.91 Å². The Morgan fingerprint density at radius 2 is 1.88 bits per heavy atom. The van der Waals surface area contributed by atoms with E-state index in [4.69, 9.17) is 10.00 Å². The zero-order chi connectivity index (χ0) is 24.2. The highest BCUT2D eigenvalue weighted by Crippen LogP contribution is 2.16. The molecule has 1 amide bonds. The molecule has 7 nitrogen and oxygen atoms in total. The summed E-state index contributed by atoms with van der Waals surface area (Å²) in [4.78, 5) is 16.1. The van der Waals surface area contributed by atoms with Gasteiger partial charge in [-0.2, -0.15) is 5.26 Å². The lowest BCUT2D eigenvalue weighted by molar-refractivity contribution is -0.115. The summed E-state index contributed by atoms with van der Waals surface area (Å²) in [6.07, 6.45) is 2.20. The van der Waals surface area contributed by atoms with Gasteiger partial charge >= 0.3 is 0 Å². The van der Waals surface area contributed by atoms with Crippen molar-refractivity contribution in [1.82, 2.24) is 15.6 Å². The van der Waals surface area contributed by atoms with Crippen molar-refractivity contribution >= 4 is 11.7 Å². The molecule has 1 fully saturated rings. The number of rotatable bonds is 8. The molecule has 0 radical (unpaired) electrons.